The molecule has 6 nitrogen and oxygen atoms in total. The average Bonchev–Trinajstić information content (AvgIpc) is 3.17. The predicted octanol–water partition coefficient (Wildman–Crippen LogP) is 2.66. The summed E-state index contributed by atoms with van der Waals surface area (Å²) in [7, 11) is 1.62. The number of methoxy groups -OCH3 is 1. The largest absolute Gasteiger partial charge is 0.496 e. The SMILES string of the molecule is COc1ccccc1-c1cc(C(=O)N2CCN3CCCCC3C2)no1. The molecule has 2 saturated heterocycles. The van der Waals surface area contributed by atoms with E-state index in [1.807, 2.05) is 29.2 Å². The zero-order chi connectivity index (χ0) is 17.2. The molecule has 1 unspecified atom stereocenters. The van der Waals surface area contributed by atoms with Gasteiger partial charge in [-0.3, -0.25) is 9.69 Å². The molecule has 2 fully saturated rings. The number of amides is 1. The number of piperazine rings is 1. The topological polar surface area (TPSA) is 58.8 Å². The third-order valence-electron chi connectivity index (χ3n) is 5.23. The molecule has 0 N–H and O–H groups in total. The molecule has 0 spiro atoms. The van der Waals surface area contributed by atoms with Crippen molar-refractivity contribution in [2.75, 3.05) is 33.3 Å². The van der Waals surface area contributed by atoms with E-state index in [9.17, 15) is 4.79 Å². The normalized spacial score (nSPS) is 21.0. The molecule has 132 valence electrons. The van der Waals surface area contributed by atoms with Crippen LogP contribution in [-0.4, -0.2) is 60.2 Å². The molecule has 0 aliphatic carbocycles. The van der Waals surface area contributed by atoms with Crippen molar-refractivity contribution in [2.24, 2.45) is 0 Å². The number of aromatic nitrogens is 1. The number of hydrogen-bond donors (Lipinski definition) is 0. The molecule has 4 rings (SSSR count). The van der Waals surface area contributed by atoms with E-state index in [0.29, 0.717) is 23.2 Å². The summed E-state index contributed by atoms with van der Waals surface area (Å²) in [4.78, 5) is 17.3. The second-order valence-corrected chi connectivity index (χ2v) is 6.71. The number of hydrogen-bond acceptors (Lipinski definition) is 5. The molecule has 3 heterocycles. The molecule has 1 aromatic carbocycles. The summed E-state index contributed by atoms with van der Waals surface area (Å²) in [6.45, 7) is 3.66. The minimum Gasteiger partial charge on any atom is -0.496 e. The lowest BCUT2D eigenvalue weighted by atomic mass is 9.99. The molecule has 0 radical (unpaired) electrons. The maximum Gasteiger partial charge on any atom is 0.276 e. The maximum absolute atomic E-state index is 12.8. The fourth-order valence-electron chi connectivity index (χ4n) is 3.85. The van der Waals surface area contributed by atoms with Crippen LogP contribution in [-0.2, 0) is 0 Å². The van der Waals surface area contributed by atoms with Crippen molar-refractivity contribution >= 4 is 5.91 Å². The van der Waals surface area contributed by atoms with Crippen molar-refractivity contribution < 1.29 is 14.1 Å². The van der Waals surface area contributed by atoms with Gasteiger partial charge in [-0.05, 0) is 31.5 Å². The van der Waals surface area contributed by atoms with E-state index in [4.69, 9.17) is 9.26 Å². The minimum absolute atomic E-state index is 0.0462. The molecule has 6 heteroatoms. The minimum atomic E-state index is -0.0462. The van der Waals surface area contributed by atoms with E-state index < -0.39 is 0 Å². The highest BCUT2D eigenvalue weighted by Crippen LogP contribution is 2.30. The van der Waals surface area contributed by atoms with Crippen molar-refractivity contribution in [1.82, 2.24) is 15.0 Å². The Morgan fingerprint density at radius 3 is 3.00 bits per heavy atom. The van der Waals surface area contributed by atoms with Crippen LogP contribution in [0.2, 0.25) is 0 Å². The zero-order valence-electron chi connectivity index (χ0n) is 14.5. The first-order valence-electron chi connectivity index (χ1n) is 8.89. The highest BCUT2D eigenvalue weighted by molar-refractivity contribution is 5.93. The Hall–Kier alpha value is -2.34. The second kappa shape index (κ2) is 6.88. The van der Waals surface area contributed by atoms with Crippen LogP contribution in [0.4, 0.5) is 0 Å². The Balaban J connectivity index is 1.51. The predicted molar refractivity (Wildman–Crippen MR) is 93.6 cm³/mol. The number of para-hydroxylation sites is 1. The Kier molecular flexibility index (Phi) is 4.44. The Morgan fingerprint density at radius 2 is 2.12 bits per heavy atom. The average molecular weight is 341 g/mol. The summed E-state index contributed by atoms with van der Waals surface area (Å²) in [5.41, 5.74) is 1.17. The van der Waals surface area contributed by atoms with Gasteiger partial charge >= 0.3 is 0 Å². The van der Waals surface area contributed by atoms with Gasteiger partial charge in [0.05, 0.1) is 12.7 Å². The Morgan fingerprint density at radius 1 is 1.24 bits per heavy atom. The van der Waals surface area contributed by atoms with Crippen LogP contribution in [0, 0.1) is 0 Å². The van der Waals surface area contributed by atoms with Gasteiger partial charge in [0.25, 0.3) is 5.91 Å². The lowest BCUT2D eigenvalue weighted by Gasteiger charge is -2.43. The van der Waals surface area contributed by atoms with E-state index in [0.717, 1.165) is 31.7 Å². The Bertz CT molecular complexity index is 758. The van der Waals surface area contributed by atoms with E-state index in [-0.39, 0.29) is 5.91 Å². The number of ether oxygens (including phenoxy) is 1. The van der Waals surface area contributed by atoms with Crippen LogP contribution in [0.5, 0.6) is 5.75 Å². The van der Waals surface area contributed by atoms with Crippen molar-refractivity contribution in [3.8, 4) is 17.1 Å². The zero-order valence-corrected chi connectivity index (χ0v) is 14.5. The van der Waals surface area contributed by atoms with Gasteiger partial charge in [0, 0.05) is 31.7 Å². The molecule has 25 heavy (non-hydrogen) atoms. The smallest absolute Gasteiger partial charge is 0.276 e. The summed E-state index contributed by atoms with van der Waals surface area (Å²) in [6.07, 6.45) is 3.70. The molecule has 1 aromatic heterocycles. The van der Waals surface area contributed by atoms with Crippen LogP contribution in [0.1, 0.15) is 29.8 Å². The van der Waals surface area contributed by atoms with Crippen LogP contribution < -0.4 is 4.74 Å². The monoisotopic (exact) mass is 341 g/mol. The molecule has 1 atom stereocenters. The maximum atomic E-state index is 12.8. The fourth-order valence-corrected chi connectivity index (χ4v) is 3.85. The lowest BCUT2D eigenvalue weighted by Crippen LogP contribution is -2.56. The molecule has 0 bridgehead atoms. The van der Waals surface area contributed by atoms with E-state index in [1.165, 1.54) is 19.3 Å². The van der Waals surface area contributed by atoms with E-state index >= 15 is 0 Å². The summed E-state index contributed by atoms with van der Waals surface area (Å²) in [5.74, 6) is 1.21. The number of benzene rings is 1. The van der Waals surface area contributed by atoms with Crippen LogP contribution in [0.25, 0.3) is 11.3 Å². The fraction of sp³-hybridized carbons (Fsp3) is 0.474. The molecule has 0 saturated carbocycles. The van der Waals surface area contributed by atoms with E-state index in [1.54, 1.807) is 13.2 Å². The molecule has 2 aromatic rings. The summed E-state index contributed by atoms with van der Waals surface area (Å²) in [5, 5.41) is 4.01. The van der Waals surface area contributed by atoms with Crippen LogP contribution in [0.15, 0.2) is 34.9 Å². The highest BCUT2D eigenvalue weighted by Gasteiger charge is 2.32. The van der Waals surface area contributed by atoms with Crippen molar-refractivity contribution in [2.45, 2.75) is 25.3 Å². The third kappa shape index (κ3) is 3.14. The Labute approximate surface area is 147 Å². The summed E-state index contributed by atoms with van der Waals surface area (Å²) in [6, 6.07) is 9.77. The number of nitrogens with zero attached hydrogens (tertiary/aromatic N) is 3. The van der Waals surface area contributed by atoms with E-state index in [2.05, 4.69) is 10.1 Å². The van der Waals surface area contributed by atoms with Crippen LogP contribution in [0.3, 0.4) is 0 Å². The van der Waals surface area contributed by atoms with Crippen molar-refractivity contribution in [3.63, 3.8) is 0 Å². The summed E-state index contributed by atoms with van der Waals surface area (Å²) < 4.78 is 10.8. The first-order valence-corrected chi connectivity index (χ1v) is 8.89. The standard InChI is InChI=1S/C19H23N3O3/c1-24-17-8-3-2-7-15(17)18-12-16(20-25-18)19(23)22-11-10-21-9-5-4-6-14(21)13-22/h2-3,7-8,12,14H,4-6,9-11,13H2,1H3. The number of fused-ring (bicyclic) bond motifs is 1. The first-order chi connectivity index (χ1) is 12.3. The number of piperidine rings is 1. The van der Waals surface area contributed by atoms with Gasteiger partial charge in [0.1, 0.15) is 5.75 Å². The molecule has 2 aliphatic heterocycles. The molecule has 1 amide bonds. The van der Waals surface area contributed by atoms with Crippen molar-refractivity contribution in [1.29, 1.82) is 0 Å². The molecular formula is C19H23N3O3. The molecule has 2 aliphatic rings. The first kappa shape index (κ1) is 16.1. The number of carbonyl (C=O) groups excluding carboxylic acids is 1. The van der Waals surface area contributed by atoms with Crippen LogP contribution >= 0.6 is 0 Å². The molecular weight excluding hydrogens is 318 g/mol. The third-order valence-corrected chi connectivity index (χ3v) is 5.23. The van der Waals surface area contributed by atoms with Crippen molar-refractivity contribution in [3.05, 3.63) is 36.0 Å². The summed E-state index contributed by atoms with van der Waals surface area (Å²) >= 11 is 0. The second-order valence-electron chi connectivity index (χ2n) is 6.71. The van der Waals surface area contributed by atoms with Gasteiger partial charge in [-0.25, -0.2) is 0 Å². The number of rotatable bonds is 3. The van der Waals surface area contributed by atoms with Gasteiger partial charge in [-0.15, -0.1) is 0 Å². The van der Waals surface area contributed by atoms with Gasteiger partial charge in [-0.2, -0.15) is 0 Å². The quantitative estimate of drug-likeness (QED) is 0.859. The number of carbonyl (C=O) groups is 1. The van der Waals surface area contributed by atoms with Gasteiger partial charge < -0.3 is 14.2 Å². The van der Waals surface area contributed by atoms with Gasteiger partial charge in [0.2, 0.25) is 0 Å². The van der Waals surface area contributed by atoms with Gasteiger partial charge in [-0.1, -0.05) is 23.7 Å². The lowest BCUT2D eigenvalue weighted by molar-refractivity contribution is 0.0365. The highest BCUT2D eigenvalue weighted by atomic mass is 16.5. The van der Waals surface area contributed by atoms with Gasteiger partial charge in [0.15, 0.2) is 11.5 Å².